The van der Waals surface area contributed by atoms with Crippen LogP contribution in [0.5, 0.6) is 0 Å². The molecule has 0 radical (unpaired) electrons. The van der Waals surface area contributed by atoms with Crippen LogP contribution < -0.4 is 16.4 Å². The van der Waals surface area contributed by atoms with Gasteiger partial charge in [-0.3, -0.25) is 9.59 Å². The Morgan fingerprint density at radius 1 is 1.11 bits per heavy atom. The van der Waals surface area contributed by atoms with Crippen LogP contribution in [0.15, 0.2) is 42.5 Å². The van der Waals surface area contributed by atoms with Crippen molar-refractivity contribution >= 4 is 29.9 Å². The second kappa shape index (κ2) is 10.8. The molecule has 7 heteroatoms. The van der Waals surface area contributed by atoms with Crippen molar-refractivity contribution in [2.45, 2.75) is 33.2 Å². The Balaban J connectivity index is 0.00000392. The fourth-order valence-electron chi connectivity index (χ4n) is 2.78. The van der Waals surface area contributed by atoms with E-state index in [2.05, 4.69) is 24.5 Å². The van der Waals surface area contributed by atoms with Crippen molar-refractivity contribution in [1.82, 2.24) is 5.32 Å². The first-order valence-corrected chi connectivity index (χ1v) is 8.99. The van der Waals surface area contributed by atoms with Gasteiger partial charge < -0.3 is 16.4 Å². The summed E-state index contributed by atoms with van der Waals surface area (Å²) in [5.41, 5.74) is 7.33. The highest BCUT2D eigenvalue weighted by molar-refractivity contribution is 6.05. The molecule has 1 unspecified atom stereocenters. The van der Waals surface area contributed by atoms with Gasteiger partial charge in [-0.2, -0.15) is 0 Å². The lowest BCUT2D eigenvalue weighted by Gasteiger charge is -2.19. The summed E-state index contributed by atoms with van der Waals surface area (Å²) in [5, 5.41) is 5.60. The third-order valence-corrected chi connectivity index (χ3v) is 4.24. The number of benzene rings is 2. The highest BCUT2D eigenvalue weighted by Crippen LogP contribution is 2.19. The van der Waals surface area contributed by atoms with Crippen molar-refractivity contribution in [2.75, 3.05) is 11.9 Å². The summed E-state index contributed by atoms with van der Waals surface area (Å²) in [4.78, 5) is 24.9. The predicted octanol–water partition coefficient (Wildman–Crippen LogP) is 3.91. The van der Waals surface area contributed by atoms with Crippen LogP contribution in [-0.4, -0.2) is 24.4 Å². The molecular formula is C21H27ClFN3O2. The molecule has 0 aliphatic carbocycles. The number of halogens is 2. The first-order valence-electron chi connectivity index (χ1n) is 8.99. The van der Waals surface area contributed by atoms with Crippen LogP contribution in [0.3, 0.4) is 0 Å². The van der Waals surface area contributed by atoms with E-state index in [9.17, 15) is 14.0 Å². The fraction of sp³-hybridized carbons (Fsp3) is 0.333. The van der Waals surface area contributed by atoms with Gasteiger partial charge in [0.05, 0.1) is 5.56 Å². The Morgan fingerprint density at radius 3 is 2.39 bits per heavy atom. The van der Waals surface area contributed by atoms with Crippen molar-refractivity contribution in [3.63, 3.8) is 0 Å². The van der Waals surface area contributed by atoms with Gasteiger partial charge in [0.2, 0.25) is 0 Å². The number of hydrogen-bond acceptors (Lipinski definition) is 3. The van der Waals surface area contributed by atoms with E-state index in [1.54, 1.807) is 31.2 Å². The van der Waals surface area contributed by atoms with Crippen LogP contribution in [0.25, 0.3) is 0 Å². The second-order valence-electron chi connectivity index (χ2n) is 7.00. The number of rotatable bonds is 7. The van der Waals surface area contributed by atoms with Crippen molar-refractivity contribution in [3.05, 3.63) is 65.0 Å². The Labute approximate surface area is 171 Å². The van der Waals surface area contributed by atoms with Gasteiger partial charge in [-0.05, 0) is 49.1 Å². The molecule has 0 aromatic heterocycles. The zero-order valence-electron chi connectivity index (χ0n) is 16.3. The van der Waals surface area contributed by atoms with Gasteiger partial charge in [0, 0.05) is 23.8 Å². The van der Waals surface area contributed by atoms with Crippen molar-refractivity contribution in [3.8, 4) is 0 Å². The van der Waals surface area contributed by atoms with Gasteiger partial charge in [-0.15, -0.1) is 12.4 Å². The van der Waals surface area contributed by atoms with Gasteiger partial charge in [0.15, 0.2) is 0 Å². The van der Waals surface area contributed by atoms with E-state index in [0.29, 0.717) is 23.7 Å². The zero-order chi connectivity index (χ0) is 20.0. The lowest BCUT2D eigenvalue weighted by atomic mass is 10.0. The fourth-order valence-corrected chi connectivity index (χ4v) is 2.78. The van der Waals surface area contributed by atoms with E-state index in [-0.39, 0.29) is 29.9 Å². The molecule has 4 N–H and O–H groups in total. The van der Waals surface area contributed by atoms with Crippen LogP contribution >= 0.6 is 12.4 Å². The molecule has 2 aromatic rings. The first kappa shape index (κ1) is 23.6. The summed E-state index contributed by atoms with van der Waals surface area (Å²) in [5.74, 6) is -1.01. The Kier molecular flexibility index (Phi) is 9.09. The average molecular weight is 408 g/mol. The Hall–Kier alpha value is -2.44. The van der Waals surface area contributed by atoms with E-state index in [1.807, 2.05) is 0 Å². The number of nitrogens with two attached hydrogens (primary N) is 1. The number of nitrogens with one attached hydrogen (secondary N) is 2. The first-order chi connectivity index (χ1) is 12.8. The third-order valence-electron chi connectivity index (χ3n) is 4.24. The molecule has 2 amide bonds. The highest BCUT2D eigenvalue weighted by Gasteiger charge is 2.16. The molecule has 0 bridgehead atoms. The van der Waals surface area contributed by atoms with Crippen molar-refractivity contribution in [1.29, 1.82) is 0 Å². The normalized spacial score (nSPS) is 11.5. The maximum Gasteiger partial charge on any atom is 0.258 e. The summed E-state index contributed by atoms with van der Waals surface area (Å²) >= 11 is 0. The molecule has 5 nitrogen and oxygen atoms in total. The number of carbonyl (C=O) groups excluding carboxylic acids is 2. The third kappa shape index (κ3) is 6.32. The molecule has 0 heterocycles. The average Bonchev–Trinajstić information content (AvgIpc) is 2.62. The molecule has 0 aliphatic rings. The standard InChI is InChI=1S/C21H26FN3O2.ClH/c1-13(2)10-16(12-23)24-20(26)15-9-8-14(3)19(11-15)25-21(27)17-6-4-5-7-18(17)22;/h4-9,11,13,16H,10,12,23H2,1-3H3,(H,24,26)(H,25,27);1H. The van der Waals surface area contributed by atoms with Gasteiger partial charge in [0.25, 0.3) is 11.8 Å². The van der Waals surface area contributed by atoms with Crippen LogP contribution in [0.2, 0.25) is 0 Å². The minimum Gasteiger partial charge on any atom is -0.348 e. The quantitative estimate of drug-likeness (QED) is 0.650. The zero-order valence-corrected chi connectivity index (χ0v) is 17.1. The van der Waals surface area contributed by atoms with Gasteiger partial charge >= 0.3 is 0 Å². The maximum atomic E-state index is 13.8. The van der Waals surface area contributed by atoms with E-state index in [4.69, 9.17) is 5.73 Å². The predicted molar refractivity (Wildman–Crippen MR) is 113 cm³/mol. The van der Waals surface area contributed by atoms with Crippen LogP contribution in [0.1, 0.15) is 46.5 Å². The van der Waals surface area contributed by atoms with Crippen molar-refractivity contribution < 1.29 is 14.0 Å². The molecule has 0 spiro atoms. The van der Waals surface area contributed by atoms with Gasteiger partial charge in [-0.1, -0.05) is 32.0 Å². The summed E-state index contributed by atoms with van der Waals surface area (Å²) in [7, 11) is 0. The molecule has 0 fully saturated rings. The topological polar surface area (TPSA) is 84.2 Å². The van der Waals surface area contributed by atoms with Gasteiger partial charge in [-0.25, -0.2) is 4.39 Å². The molecular weight excluding hydrogens is 381 g/mol. The number of anilines is 1. The SMILES string of the molecule is Cc1ccc(C(=O)NC(CN)CC(C)C)cc1NC(=O)c1ccccc1F.Cl. The van der Waals surface area contributed by atoms with E-state index in [0.717, 1.165) is 12.0 Å². The maximum absolute atomic E-state index is 13.8. The Morgan fingerprint density at radius 2 is 1.79 bits per heavy atom. The lowest BCUT2D eigenvalue weighted by Crippen LogP contribution is -2.41. The second-order valence-corrected chi connectivity index (χ2v) is 7.00. The number of aryl methyl sites for hydroxylation is 1. The summed E-state index contributed by atoms with van der Waals surface area (Å²) in [6.07, 6.45) is 0.783. The van der Waals surface area contributed by atoms with Gasteiger partial charge in [0.1, 0.15) is 5.82 Å². The lowest BCUT2D eigenvalue weighted by molar-refractivity contribution is 0.0932. The minimum atomic E-state index is -0.596. The van der Waals surface area contributed by atoms with E-state index in [1.165, 1.54) is 18.2 Å². The Bertz CT molecular complexity index is 827. The largest absolute Gasteiger partial charge is 0.348 e. The summed E-state index contributed by atoms with van der Waals surface area (Å²) < 4.78 is 13.8. The van der Waals surface area contributed by atoms with E-state index < -0.39 is 11.7 Å². The smallest absolute Gasteiger partial charge is 0.258 e. The molecule has 0 aliphatic heterocycles. The minimum absolute atomic E-state index is 0. The molecule has 2 aromatic carbocycles. The highest BCUT2D eigenvalue weighted by atomic mass is 35.5. The molecule has 28 heavy (non-hydrogen) atoms. The molecule has 0 saturated heterocycles. The molecule has 1 atom stereocenters. The molecule has 2 rings (SSSR count). The summed E-state index contributed by atoms with van der Waals surface area (Å²) in [6, 6.07) is 10.7. The number of carbonyl (C=O) groups is 2. The molecule has 152 valence electrons. The molecule has 0 saturated carbocycles. The number of hydrogen-bond donors (Lipinski definition) is 3. The van der Waals surface area contributed by atoms with Crippen LogP contribution in [-0.2, 0) is 0 Å². The van der Waals surface area contributed by atoms with Crippen LogP contribution in [0, 0.1) is 18.7 Å². The van der Waals surface area contributed by atoms with E-state index >= 15 is 0 Å². The van der Waals surface area contributed by atoms with Crippen molar-refractivity contribution in [2.24, 2.45) is 11.7 Å². The summed E-state index contributed by atoms with van der Waals surface area (Å²) in [6.45, 7) is 6.29. The number of amides is 2. The monoisotopic (exact) mass is 407 g/mol. The van der Waals surface area contributed by atoms with Crippen LogP contribution in [0.4, 0.5) is 10.1 Å².